The van der Waals surface area contributed by atoms with Gasteiger partial charge >= 0.3 is 6.09 Å². The summed E-state index contributed by atoms with van der Waals surface area (Å²) in [5.74, 6) is 0.426. The summed E-state index contributed by atoms with van der Waals surface area (Å²) >= 11 is 0. The van der Waals surface area contributed by atoms with Crippen LogP contribution in [0.1, 0.15) is 26.2 Å². The number of amides is 1. The maximum Gasteiger partial charge on any atom is 0.404 e. The second kappa shape index (κ2) is 3.76. The monoisotopic (exact) mass is 172 g/mol. The van der Waals surface area contributed by atoms with Crippen molar-refractivity contribution in [1.29, 1.82) is 0 Å². The second-order valence-corrected chi connectivity index (χ2v) is 3.60. The lowest BCUT2D eigenvalue weighted by molar-refractivity contribution is 0.179. The van der Waals surface area contributed by atoms with Gasteiger partial charge in [0.25, 0.3) is 0 Å². The maximum absolute atomic E-state index is 10.3. The molecule has 4 nitrogen and oxygen atoms in total. The average molecular weight is 172 g/mol. The molecule has 4 N–H and O–H groups in total. The summed E-state index contributed by atoms with van der Waals surface area (Å²) in [5.41, 5.74) is 5.80. The van der Waals surface area contributed by atoms with E-state index in [0.717, 1.165) is 19.3 Å². The van der Waals surface area contributed by atoms with Crippen molar-refractivity contribution in [2.45, 2.75) is 38.3 Å². The minimum atomic E-state index is -0.928. The van der Waals surface area contributed by atoms with Gasteiger partial charge in [-0.05, 0) is 25.2 Å². The summed E-state index contributed by atoms with van der Waals surface area (Å²) < 4.78 is 0. The van der Waals surface area contributed by atoms with E-state index in [-0.39, 0.29) is 12.1 Å². The lowest BCUT2D eigenvalue weighted by Gasteiger charge is -2.31. The fourth-order valence-corrected chi connectivity index (χ4v) is 1.73. The largest absolute Gasteiger partial charge is 0.465 e. The van der Waals surface area contributed by atoms with Gasteiger partial charge in [-0.25, -0.2) is 4.79 Å². The van der Waals surface area contributed by atoms with Gasteiger partial charge in [-0.2, -0.15) is 0 Å². The summed E-state index contributed by atoms with van der Waals surface area (Å²) in [6.07, 6.45) is 1.74. The van der Waals surface area contributed by atoms with Crippen LogP contribution >= 0.6 is 0 Å². The standard InChI is InChI=1S/C8H16N2O2/c1-5-4-6(10-8(11)12)2-3-7(5)9/h5-7,10H,2-4,9H2,1H3,(H,11,12). The third-order valence-electron chi connectivity index (χ3n) is 2.56. The molecule has 1 aliphatic carbocycles. The number of nitrogens with one attached hydrogen (secondary N) is 1. The summed E-state index contributed by atoms with van der Waals surface area (Å²) in [7, 11) is 0. The number of nitrogens with two attached hydrogens (primary N) is 1. The van der Waals surface area contributed by atoms with E-state index < -0.39 is 6.09 Å². The van der Waals surface area contributed by atoms with Crippen LogP contribution in [-0.2, 0) is 0 Å². The van der Waals surface area contributed by atoms with Gasteiger partial charge in [-0.1, -0.05) is 6.92 Å². The van der Waals surface area contributed by atoms with Crippen molar-refractivity contribution < 1.29 is 9.90 Å². The van der Waals surface area contributed by atoms with E-state index in [2.05, 4.69) is 12.2 Å². The predicted octanol–water partition coefficient (Wildman–Crippen LogP) is 0.770. The zero-order chi connectivity index (χ0) is 9.14. The first-order valence-corrected chi connectivity index (χ1v) is 4.34. The molecule has 0 aromatic rings. The molecule has 3 atom stereocenters. The Morgan fingerprint density at radius 2 is 2.25 bits per heavy atom. The number of hydrogen-bond acceptors (Lipinski definition) is 2. The predicted molar refractivity (Wildman–Crippen MR) is 45.9 cm³/mol. The number of carboxylic acid groups (broad SMARTS) is 1. The fraction of sp³-hybridized carbons (Fsp3) is 0.875. The molecule has 70 valence electrons. The minimum absolute atomic E-state index is 0.109. The van der Waals surface area contributed by atoms with E-state index >= 15 is 0 Å². The van der Waals surface area contributed by atoms with Crippen molar-refractivity contribution in [3.63, 3.8) is 0 Å². The highest BCUT2D eigenvalue weighted by molar-refractivity contribution is 5.64. The quantitative estimate of drug-likeness (QED) is 0.547. The minimum Gasteiger partial charge on any atom is -0.465 e. The van der Waals surface area contributed by atoms with E-state index in [4.69, 9.17) is 10.8 Å². The van der Waals surface area contributed by atoms with Gasteiger partial charge in [0.05, 0.1) is 0 Å². The first kappa shape index (κ1) is 9.32. The first-order valence-electron chi connectivity index (χ1n) is 4.34. The highest BCUT2D eigenvalue weighted by Crippen LogP contribution is 2.22. The summed E-state index contributed by atoms with van der Waals surface area (Å²) in [4.78, 5) is 10.3. The molecule has 1 fully saturated rings. The molecule has 0 spiro atoms. The molecule has 0 bridgehead atoms. The molecule has 1 aliphatic rings. The maximum atomic E-state index is 10.3. The fourth-order valence-electron chi connectivity index (χ4n) is 1.73. The van der Waals surface area contributed by atoms with E-state index in [1.165, 1.54) is 0 Å². The van der Waals surface area contributed by atoms with Crippen LogP contribution in [0, 0.1) is 5.92 Å². The van der Waals surface area contributed by atoms with Crippen LogP contribution in [-0.4, -0.2) is 23.3 Å². The van der Waals surface area contributed by atoms with Crippen molar-refractivity contribution in [3.05, 3.63) is 0 Å². The number of hydrogen-bond donors (Lipinski definition) is 3. The van der Waals surface area contributed by atoms with E-state index in [9.17, 15) is 4.79 Å². The third-order valence-corrected chi connectivity index (χ3v) is 2.56. The molecular weight excluding hydrogens is 156 g/mol. The SMILES string of the molecule is CC1CC(NC(=O)O)CCC1N. The Labute approximate surface area is 72.1 Å². The van der Waals surface area contributed by atoms with E-state index in [1.54, 1.807) is 0 Å². The smallest absolute Gasteiger partial charge is 0.404 e. The Balaban J connectivity index is 2.35. The van der Waals surface area contributed by atoms with Crippen molar-refractivity contribution >= 4 is 6.09 Å². The van der Waals surface area contributed by atoms with Crippen molar-refractivity contribution in [3.8, 4) is 0 Å². The molecule has 1 saturated carbocycles. The van der Waals surface area contributed by atoms with Crippen LogP contribution in [0.3, 0.4) is 0 Å². The Bertz CT molecular complexity index is 172. The molecule has 0 aromatic carbocycles. The van der Waals surface area contributed by atoms with Gasteiger partial charge in [0, 0.05) is 12.1 Å². The highest BCUT2D eigenvalue weighted by atomic mass is 16.4. The molecule has 0 aliphatic heterocycles. The van der Waals surface area contributed by atoms with Crippen LogP contribution in [0.25, 0.3) is 0 Å². The van der Waals surface area contributed by atoms with E-state index in [1.807, 2.05) is 0 Å². The van der Waals surface area contributed by atoms with Crippen LogP contribution in [0.5, 0.6) is 0 Å². The summed E-state index contributed by atoms with van der Waals surface area (Å²) in [6.45, 7) is 2.07. The van der Waals surface area contributed by atoms with Gasteiger partial charge in [0.2, 0.25) is 0 Å². The van der Waals surface area contributed by atoms with Crippen LogP contribution in [0.2, 0.25) is 0 Å². The highest BCUT2D eigenvalue weighted by Gasteiger charge is 2.25. The van der Waals surface area contributed by atoms with Crippen molar-refractivity contribution in [1.82, 2.24) is 5.32 Å². The lowest BCUT2D eigenvalue weighted by Crippen LogP contribution is -2.43. The van der Waals surface area contributed by atoms with Crippen LogP contribution < -0.4 is 11.1 Å². The second-order valence-electron chi connectivity index (χ2n) is 3.60. The first-order chi connectivity index (χ1) is 5.59. The molecule has 12 heavy (non-hydrogen) atoms. The molecule has 0 aromatic heterocycles. The topological polar surface area (TPSA) is 75.3 Å². The molecule has 0 heterocycles. The van der Waals surface area contributed by atoms with Crippen LogP contribution in [0.4, 0.5) is 4.79 Å². The summed E-state index contributed by atoms with van der Waals surface area (Å²) in [5, 5.41) is 11.0. The van der Waals surface area contributed by atoms with Gasteiger partial charge in [-0.15, -0.1) is 0 Å². The Kier molecular flexibility index (Phi) is 2.92. The Morgan fingerprint density at radius 3 is 2.75 bits per heavy atom. The molecular formula is C8H16N2O2. The molecule has 1 amide bonds. The molecule has 3 unspecified atom stereocenters. The summed E-state index contributed by atoms with van der Waals surface area (Å²) in [6, 6.07) is 0.356. The van der Waals surface area contributed by atoms with Gasteiger partial charge < -0.3 is 16.2 Å². The van der Waals surface area contributed by atoms with Gasteiger partial charge in [0.1, 0.15) is 0 Å². The molecule has 4 heteroatoms. The molecule has 0 saturated heterocycles. The zero-order valence-corrected chi connectivity index (χ0v) is 7.29. The van der Waals surface area contributed by atoms with Gasteiger partial charge in [-0.3, -0.25) is 0 Å². The Morgan fingerprint density at radius 1 is 1.58 bits per heavy atom. The third kappa shape index (κ3) is 2.37. The molecule has 1 rings (SSSR count). The van der Waals surface area contributed by atoms with E-state index in [0.29, 0.717) is 5.92 Å². The molecule has 0 radical (unpaired) electrons. The number of carbonyl (C=O) groups is 1. The normalized spacial score (nSPS) is 36.0. The van der Waals surface area contributed by atoms with Crippen molar-refractivity contribution in [2.24, 2.45) is 11.7 Å². The Hall–Kier alpha value is -0.770. The van der Waals surface area contributed by atoms with Crippen molar-refractivity contribution in [2.75, 3.05) is 0 Å². The number of rotatable bonds is 1. The zero-order valence-electron chi connectivity index (χ0n) is 7.29. The average Bonchev–Trinajstić information content (AvgIpc) is 1.96. The van der Waals surface area contributed by atoms with Gasteiger partial charge in [0.15, 0.2) is 0 Å². The lowest BCUT2D eigenvalue weighted by atomic mass is 9.83. The van der Waals surface area contributed by atoms with Crippen LogP contribution in [0.15, 0.2) is 0 Å².